The molecule has 0 atom stereocenters. The number of rotatable bonds is 7. The van der Waals surface area contributed by atoms with Crippen LogP contribution in [0.1, 0.15) is 21.5 Å². The summed E-state index contributed by atoms with van der Waals surface area (Å²) in [5.41, 5.74) is 2.66. The van der Waals surface area contributed by atoms with Gasteiger partial charge in [-0.25, -0.2) is 0 Å². The zero-order valence-corrected chi connectivity index (χ0v) is 16.1. The second kappa shape index (κ2) is 9.45. The highest BCUT2D eigenvalue weighted by molar-refractivity contribution is 6.42. The van der Waals surface area contributed by atoms with E-state index in [2.05, 4.69) is 5.32 Å². The predicted octanol–water partition coefficient (Wildman–Crippen LogP) is 5.54. The SMILES string of the molecule is O=C(NCCc1ccccc1)c1cccc(OCc2ccc(Cl)c(Cl)c2)c1. The van der Waals surface area contributed by atoms with Crippen LogP contribution in [-0.2, 0) is 13.0 Å². The molecule has 1 N–H and O–H groups in total. The lowest BCUT2D eigenvalue weighted by molar-refractivity contribution is 0.0953. The highest BCUT2D eigenvalue weighted by Gasteiger charge is 2.07. The van der Waals surface area contributed by atoms with Crippen LogP contribution in [0.25, 0.3) is 0 Å². The van der Waals surface area contributed by atoms with Gasteiger partial charge in [-0.1, -0.05) is 65.7 Å². The molecule has 1 amide bonds. The predicted molar refractivity (Wildman–Crippen MR) is 110 cm³/mol. The molecule has 0 aliphatic heterocycles. The Morgan fingerprint density at radius 2 is 1.67 bits per heavy atom. The van der Waals surface area contributed by atoms with Gasteiger partial charge in [-0.05, 0) is 47.9 Å². The van der Waals surface area contributed by atoms with Crippen molar-refractivity contribution in [2.45, 2.75) is 13.0 Å². The van der Waals surface area contributed by atoms with Gasteiger partial charge in [0.1, 0.15) is 12.4 Å². The molecule has 0 aliphatic carbocycles. The van der Waals surface area contributed by atoms with Crippen molar-refractivity contribution >= 4 is 29.1 Å². The van der Waals surface area contributed by atoms with Crippen LogP contribution in [0.5, 0.6) is 5.75 Å². The van der Waals surface area contributed by atoms with Gasteiger partial charge >= 0.3 is 0 Å². The standard InChI is InChI=1S/C22H19Cl2NO2/c23-20-10-9-17(13-21(20)24)15-27-19-8-4-7-18(14-19)22(26)25-12-11-16-5-2-1-3-6-16/h1-10,13-14H,11-12,15H2,(H,25,26). The number of hydrogen-bond acceptors (Lipinski definition) is 2. The van der Waals surface area contributed by atoms with Gasteiger partial charge < -0.3 is 10.1 Å². The quantitative estimate of drug-likeness (QED) is 0.565. The number of benzene rings is 3. The molecular weight excluding hydrogens is 381 g/mol. The molecule has 0 heterocycles. The topological polar surface area (TPSA) is 38.3 Å². The van der Waals surface area contributed by atoms with Crippen molar-refractivity contribution in [2.24, 2.45) is 0 Å². The summed E-state index contributed by atoms with van der Waals surface area (Å²) in [7, 11) is 0. The molecule has 3 nitrogen and oxygen atoms in total. The smallest absolute Gasteiger partial charge is 0.251 e. The molecule has 3 aromatic rings. The van der Waals surface area contributed by atoms with E-state index in [-0.39, 0.29) is 5.91 Å². The molecule has 0 aliphatic rings. The fourth-order valence-corrected chi connectivity index (χ4v) is 2.91. The van der Waals surface area contributed by atoms with Crippen LogP contribution in [0.4, 0.5) is 0 Å². The Morgan fingerprint density at radius 1 is 0.852 bits per heavy atom. The van der Waals surface area contributed by atoms with E-state index in [4.69, 9.17) is 27.9 Å². The molecule has 27 heavy (non-hydrogen) atoms. The van der Waals surface area contributed by atoms with Crippen molar-refractivity contribution in [3.05, 3.63) is 99.5 Å². The Bertz CT molecular complexity index is 913. The van der Waals surface area contributed by atoms with E-state index in [1.807, 2.05) is 42.5 Å². The maximum absolute atomic E-state index is 12.3. The van der Waals surface area contributed by atoms with Crippen LogP contribution in [0.15, 0.2) is 72.8 Å². The first kappa shape index (κ1) is 19.3. The van der Waals surface area contributed by atoms with Crippen molar-refractivity contribution in [2.75, 3.05) is 6.54 Å². The third-order valence-electron chi connectivity index (χ3n) is 4.03. The lowest BCUT2D eigenvalue weighted by Gasteiger charge is -2.09. The first-order chi connectivity index (χ1) is 13.1. The lowest BCUT2D eigenvalue weighted by Crippen LogP contribution is -2.25. The number of nitrogens with one attached hydrogen (secondary N) is 1. The average Bonchev–Trinajstić information content (AvgIpc) is 2.70. The zero-order valence-electron chi connectivity index (χ0n) is 14.6. The van der Waals surface area contributed by atoms with Gasteiger partial charge in [0.15, 0.2) is 0 Å². The van der Waals surface area contributed by atoms with E-state index in [1.54, 1.807) is 30.3 Å². The van der Waals surface area contributed by atoms with E-state index in [1.165, 1.54) is 5.56 Å². The molecule has 3 aromatic carbocycles. The van der Waals surface area contributed by atoms with Gasteiger partial charge in [0.25, 0.3) is 5.91 Å². The maximum Gasteiger partial charge on any atom is 0.251 e. The van der Waals surface area contributed by atoms with Crippen LogP contribution in [0.3, 0.4) is 0 Å². The summed E-state index contributed by atoms with van der Waals surface area (Å²) in [6.07, 6.45) is 0.792. The minimum Gasteiger partial charge on any atom is -0.489 e. The molecule has 3 rings (SSSR count). The molecule has 0 saturated carbocycles. The van der Waals surface area contributed by atoms with Crippen molar-refractivity contribution in [3.63, 3.8) is 0 Å². The third kappa shape index (κ3) is 5.75. The largest absolute Gasteiger partial charge is 0.489 e. The monoisotopic (exact) mass is 399 g/mol. The molecule has 5 heteroatoms. The average molecular weight is 400 g/mol. The first-order valence-electron chi connectivity index (χ1n) is 8.61. The lowest BCUT2D eigenvalue weighted by atomic mass is 10.1. The minimum absolute atomic E-state index is 0.120. The summed E-state index contributed by atoms with van der Waals surface area (Å²) < 4.78 is 5.77. The van der Waals surface area contributed by atoms with Crippen LogP contribution in [-0.4, -0.2) is 12.5 Å². The highest BCUT2D eigenvalue weighted by Crippen LogP contribution is 2.23. The maximum atomic E-state index is 12.3. The second-order valence-corrected chi connectivity index (χ2v) is 6.87. The van der Waals surface area contributed by atoms with E-state index in [0.29, 0.717) is 34.5 Å². The molecule has 0 radical (unpaired) electrons. The highest BCUT2D eigenvalue weighted by atomic mass is 35.5. The van der Waals surface area contributed by atoms with Crippen LogP contribution < -0.4 is 10.1 Å². The third-order valence-corrected chi connectivity index (χ3v) is 4.77. The fourth-order valence-electron chi connectivity index (χ4n) is 2.59. The summed E-state index contributed by atoms with van der Waals surface area (Å²) in [6.45, 7) is 0.924. The van der Waals surface area contributed by atoms with Crippen molar-refractivity contribution < 1.29 is 9.53 Å². The van der Waals surface area contributed by atoms with Gasteiger partial charge in [-0.3, -0.25) is 4.79 Å². The van der Waals surface area contributed by atoms with Gasteiger partial charge in [0.2, 0.25) is 0 Å². The summed E-state index contributed by atoms with van der Waals surface area (Å²) in [5.74, 6) is 0.503. The molecule has 0 spiro atoms. The number of hydrogen-bond donors (Lipinski definition) is 1. The number of carbonyl (C=O) groups excluding carboxylic acids is 1. The number of ether oxygens (including phenoxy) is 1. The van der Waals surface area contributed by atoms with E-state index >= 15 is 0 Å². The molecule has 0 bridgehead atoms. The van der Waals surface area contributed by atoms with Gasteiger partial charge in [0, 0.05) is 12.1 Å². The Morgan fingerprint density at radius 3 is 2.44 bits per heavy atom. The normalized spacial score (nSPS) is 10.4. The number of halogens is 2. The number of carbonyl (C=O) groups is 1. The Kier molecular flexibility index (Phi) is 6.74. The first-order valence-corrected chi connectivity index (χ1v) is 9.36. The van der Waals surface area contributed by atoms with E-state index in [9.17, 15) is 4.79 Å². The van der Waals surface area contributed by atoms with Gasteiger partial charge in [-0.15, -0.1) is 0 Å². The van der Waals surface area contributed by atoms with Gasteiger partial charge in [-0.2, -0.15) is 0 Å². The fraction of sp³-hybridized carbons (Fsp3) is 0.136. The van der Waals surface area contributed by atoms with Crippen LogP contribution >= 0.6 is 23.2 Å². The van der Waals surface area contributed by atoms with E-state index < -0.39 is 0 Å². The summed E-state index contributed by atoms with van der Waals surface area (Å²) >= 11 is 11.9. The van der Waals surface area contributed by atoms with Crippen molar-refractivity contribution in [3.8, 4) is 5.75 Å². The second-order valence-electron chi connectivity index (χ2n) is 6.06. The summed E-state index contributed by atoms with van der Waals surface area (Å²) in [6, 6.07) is 22.5. The van der Waals surface area contributed by atoms with E-state index in [0.717, 1.165) is 12.0 Å². The Labute approximate surface area is 168 Å². The molecule has 0 saturated heterocycles. The molecule has 0 aromatic heterocycles. The van der Waals surface area contributed by atoms with Crippen LogP contribution in [0, 0.1) is 0 Å². The van der Waals surface area contributed by atoms with Crippen molar-refractivity contribution in [1.82, 2.24) is 5.32 Å². The minimum atomic E-state index is -0.120. The summed E-state index contributed by atoms with van der Waals surface area (Å²) in [5, 5.41) is 3.93. The Balaban J connectivity index is 1.54. The summed E-state index contributed by atoms with van der Waals surface area (Å²) in [4.78, 5) is 12.3. The molecule has 0 unspecified atom stereocenters. The molecular formula is C22H19Cl2NO2. The number of amides is 1. The van der Waals surface area contributed by atoms with Gasteiger partial charge in [0.05, 0.1) is 10.0 Å². The van der Waals surface area contributed by atoms with Crippen LogP contribution in [0.2, 0.25) is 10.0 Å². The Hall–Kier alpha value is -2.49. The molecule has 138 valence electrons. The molecule has 0 fully saturated rings. The van der Waals surface area contributed by atoms with Crippen molar-refractivity contribution in [1.29, 1.82) is 0 Å². The zero-order chi connectivity index (χ0) is 19.1.